The lowest BCUT2D eigenvalue weighted by molar-refractivity contribution is -0.113. The summed E-state index contributed by atoms with van der Waals surface area (Å²) in [6.07, 6.45) is 0.819. The monoisotopic (exact) mass is 510 g/mol. The van der Waals surface area contributed by atoms with Crippen molar-refractivity contribution in [1.82, 2.24) is 14.6 Å². The first-order valence-corrected chi connectivity index (χ1v) is 11.9. The number of ether oxygens (including phenoxy) is 1. The average Bonchev–Trinajstić information content (AvgIpc) is 3.41. The molecular formula is C23H19BrN4O3S. The van der Waals surface area contributed by atoms with E-state index in [2.05, 4.69) is 26.0 Å². The molecule has 1 aliphatic heterocycles. The first-order valence-electron chi connectivity index (χ1n) is 10.3. The molecule has 9 heteroatoms. The number of amides is 1. The largest absolute Gasteiger partial charge is 0.494 e. The quantitative estimate of drug-likeness (QED) is 0.409. The van der Waals surface area contributed by atoms with Gasteiger partial charge in [-0.05, 0) is 55.8 Å². The van der Waals surface area contributed by atoms with E-state index in [0.29, 0.717) is 34.0 Å². The van der Waals surface area contributed by atoms with E-state index >= 15 is 0 Å². The molecule has 3 heterocycles. The first kappa shape index (κ1) is 20.8. The van der Waals surface area contributed by atoms with Crippen molar-refractivity contribution in [1.29, 1.82) is 0 Å². The lowest BCUT2D eigenvalue weighted by atomic mass is 10.1. The Morgan fingerprint density at radius 2 is 1.88 bits per heavy atom. The van der Waals surface area contributed by atoms with Gasteiger partial charge in [0.15, 0.2) is 5.82 Å². The number of anilines is 1. The molecule has 0 spiro atoms. The number of rotatable bonds is 5. The van der Waals surface area contributed by atoms with Gasteiger partial charge in [-0.3, -0.25) is 9.59 Å². The van der Waals surface area contributed by atoms with Gasteiger partial charge in [-0.2, -0.15) is 9.50 Å². The zero-order valence-corrected chi connectivity index (χ0v) is 19.9. The highest BCUT2D eigenvalue weighted by molar-refractivity contribution is 9.10. The highest BCUT2D eigenvalue weighted by Gasteiger charge is 2.34. The number of benzene rings is 2. The number of halogens is 1. The number of nitrogens with zero attached hydrogens (tertiary/aromatic N) is 4. The molecule has 1 aliphatic rings. The second kappa shape index (κ2) is 8.14. The third kappa shape index (κ3) is 3.32. The summed E-state index contributed by atoms with van der Waals surface area (Å²) in [5, 5.41) is 4.42. The molecule has 0 unspecified atom stereocenters. The van der Waals surface area contributed by atoms with Crippen molar-refractivity contribution in [2.45, 2.75) is 20.3 Å². The van der Waals surface area contributed by atoms with Crippen molar-refractivity contribution in [2.75, 3.05) is 18.1 Å². The van der Waals surface area contributed by atoms with Gasteiger partial charge in [0.05, 0.1) is 17.9 Å². The second-order valence-electron chi connectivity index (χ2n) is 7.32. The van der Waals surface area contributed by atoms with Crippen LogP contribution in [0.25, 0.3) is 21.9 Å². The van der Waals surface area contributed by atoms with Gasteiger partial charge in [0, 0.05) is 22.1 Å². The maximum atomic E-state index is 13.3. The molecule has 1 amide bonds. The van der Waals surface area contributed by atoms with Crippen molar-refractivity contribution in [2.24, 2.45) is 0 Å². The maximum absolute atomic E-state index is 13.3. The molecule has 2 aromatic heterocycles. The Morgan fingerprint density at radius 1 is 1.09 bits per heavy atom. The molecule has 0 aliphatic carbocycles. The van der Waals surface area contributed by atoms with Gasteiger partial charge < -0.3 is 9.64 Å². The van der Waals surface area contributed by atoms with E-state index in [1.54, 1.807) is 4.90 Å². The molecule has 7 nitrogen and oxygen atoms in total. The Bertz CT molecular complexity index is 1460. The summed E-state index contributed by atoms with van der Waals surface area (Å²) in [6, 6.07) is 13.1. The lowest BCUT2D eigenvalue weighted by Gasteiger charge is -2.15. The van der Waals surface area contributed by atoms with E-state index in [0.717, 1.165) is 33.5 Å². The van der Waals surface area contributed by atoms with E-state index in [4.69, 9.17) is 4.74 Å². The van der Waals surface area contributed by atoms with Crippen LogP contribution in [0.1, 0.15) is 25.8 Å². The van der Waals surface area contributed by atoms with Gasteiger partial charge in [-0.1, -0.05) is 34.2 Å². The van der Waals surface area contributed by atoms with E-state index in [9.17, 15) is 9.59 Å². The van der Waals surface area contributed by atoms with Crippen LogP contribution in [0, 0.1) is 0 Å². The van der Waals surface area contributed by atoms with Crippen LogP contribution in [0.15, 0.2) is 51.7 Å². The number of aromatic nitrogens is 3. The first-order chi connectivity index (χ1) is 15.5. The molecule has 0 saturated carbocycles. The van der Waals surface area contributed by atoms with Crippen LogP contribution in [-0.4, -0.2) is 33.7 Å². The Hall–Kier alpha value is -3.04. The number of carbonyl (C=O) groups excluding carboxylic acids is 1. The molecule has 162 valence electrons. The van der Waals surface area contributed by atoms with Gasteiger partial charge in [-0.25, -0.2) is 0 Å². The SMILES string of the molecule is CCCN1C(=O)C(=c2sc3nc(-c4ccc(OCC)cc4)nn3c2=O)c2cc(Br)ccc21. The minimum absolute atomic E-state index is 0.159. The van der Waals surface area contributed by atoms with Crippen LogP contribution < -0.4 is 19.7 Å². The number of fused-ring (bicyclic) bond motifs is 2. The average molecular weight is 511 g/mol. The highest BCUT2D eigenvalue weighted by Crippen LogP contribution is 2.37. The Morgan fingerprint density at radius 3 is 2.56 bits per heavy atom. The third-order valence-corrected chi connectivity index (χ3v) is 6.76. The Kier molecular flexibility index (Phi) is 5.30. The molecule has 0 radical (unpaired) electrons. The van der Waals surface area contributed by atoms with Crippen LogP contribution in [0.5, 0.6) is 5.75 Å². The normalized spacial score (nSPS) is 15.0. The summed E-state index contributed by atoms with van der Waals surface area (Å²) in [5.74, 6) is 1.07. The number of hydrogen-bond acceptors (Lipinski definition) is 6. The van der Waals surface area contributed by atoms with Gasteiger partial charge in [-0.15, -0.1) is 5.10 Å². The van der Waals surface area contributed by atoms with Crippen molar-refractivity contribution in [3.05, 3.63) is 67.4 Å². The van der Waals surface area contributed by atoms with Crippen molar-refractivity contribution < 1.29 is 9.53 Å². The topological polar surface area (TPSA) is 76.8 Å². The number of thiazole rings is 1. The minimum atomic E-state index is -0.331. The van der Waals surface area contributed by atoms with Gasteiger partial charge in [0.1, 0.15) is 10.3 Å². The third-order valence-electron chi connectivity index (χ3n) is 5.23. The van der Waals surface area contributed by atoms with Crippen LogP contribution in [0.4, 0.5) is 5.69 Å². The minimum Gasteiger partial charge on any atom is -0.494 e. The Balaban J connectivity index is 1.65. The summed E-state index contributed by atoms with van der Waals surface area (Å²) < 4.78 is 7.97. The summed E-state index contributed by atoms with van der Waals surface area (Å²) in [5.41, 5.74) is 2.45. The summed E-state index contributed by atoms with van der Waals surface area (Å²) >= 11 is 4.68. The van der Waals surface area contributed by atoms with Crippen molar-refractivity contribution in [3.63, 3.8) is 0 Å². The van der Waals surface area contributed by atoms with Gasteiger partial charge >= 0.3 is 0 Å². The van der Waals surface area contributed by atoms with Crippen LogP contribution >= 0.6 is 27.3 Å². The van der Waals surface area contributed by atoms with Crippen LogP contribution in [0.2, 0.25) is 0 Å². The number of hydrogen-bond donors (Lipinski definition) is 0. The molecule has 0 fully saturated rings. The molecule has 2 aromatic carbocycles. The van der Waals surface area contributed by atoms with Crippen molar-refractivity contribution in [3.8, 4) is 17.1 Å². The molecule has 5 rings (SSSR count). The van der Waals surface area contributed by atoms with Crippen molar-refractivity contribution >= 4 is 49.4 Å². The predicted octanol–water partition coefficient (Wildman–Crippen LogP) is 3.65. The maximum Gasteiger partial charge on any atom is 0.291 e. The fourth-order valence-corrected chi connectivity index (χ4v) is 5.20. The molecule has 0 bridgehead atoms. The molecule has 0 saturated heterocycles. The van der Waals surface area contributed by atoms with E-state index in [1.807, 2.05) is 56.3 Å². The Labute approximate surface area is 196 Å². The number of carbonyl (C=O) groups is 1. The lowest BCUT2D eigenvalue weighted by Crippen LogP contribution is -2.32. The zero-order valence-electron chi connectivity index (χ0n) is 17.5. The highest BCUT2D eigenvalue weighted by atomic mass is 79.9. The molecule has 0 atom stereocenters. The molecule has 4 aromatic rings. The molecule has 32 heavy (non-hydrogen) atoms. The van der Waals surface area contributed by atoms with Gasteiger partial charge in [0.25, 0.3) is 11.5 Å². The molecular weight excluding hydrogens is 492 g/mol. The van der Waals surface area contributed by atoms with Gasteiger partial charge in [0.2, 0.25) is 4.96 Å². The predicted molar refractivity (Wildman–Crippen MR) is 128 cm³/mol. The second-order valence-corrected chi connectivity index (χ2v) is 9.21. The van der Waals surface area contributed by atoms with Crippen LogP contribution in [-0.2, 0) is 4.79 Å². The summed E-state index contributed by atoms with van der Waals surface area (Å²) in [4.78, 5) is 33.3. The zero-order chi connectivity index (χ0) is 22.4. The fourth-order valence-electron chi connectivity index (χ4n) is 3.84. The fraction of sp³-hybridized carbons (Fsp3) is 0.217. The van der Waals surface area contributed by atoms with E-state index in [1.165, 1.54) is 15.9 Å². The van der Waals surface area contributed by atoms with Crippen LogP contribution in [0.3, 0.4) is 0 Å². The smallest absolute Gasteiger partial charge is 0.291 e. The summed E-state index contributed by atoms with van der Waals surface area (Å²) in [6.45, 7) is 5.13. The van der Waals surface area contributed by atoms with E-state index in [-0.39, 0.29) is 11.5 Å². The standard InChI is InChI=1S/C23H19BrN4O3S/c1-3-11-27-17-10-7-14(24)12-16(17)18(21(27)29)19-22(30)28-23(32-19)25-20(26-28)13-5-8-15(9-6-13)31-4-2/h5-10,12H,3-4,11H2,1-2H3. The summed E-state index contributed by atoms with van der Waals surface area (Å²) in [7, 11) is 0. The molecule has 0 N–H and O–H groups in total. The van der Waals surface area contributed by atoms with E-state index < -0.39 is 0 Å².